The van der Waals surface area contributed by atoms with E-state index in [0.29, 0.717) is 11.9 Å². The van der Waals surface area contributed by atoms with E-state index in [1.807, 2.05) is 0 Å². The fraction of sp³-hybridized carbons (Fsp3) is 0.682. The number of nitrogens with zero attached hydrogens (tertiary/aromatic N) is 3. The number of piperidine rings is 1. The lowest BCUT2D eigenvalue weighted by atomic mass is 9.96. The van der Waals surface area contributed by atoms with Gasteiger partial charge in [0.25, 0.3) is 0 Å². The maximum atomic E-state index is 6.05. The molecule has 3 rings (SSSR count). The van der Waals surface area contributed by atoms with Crippen LogP contribution in [0.3, 0.4) is 0 Å². The highest BCUT2D eigenvalue weighted by Crippen LogP contribution is 2.19. The van der Waals surface area contributed by atoms with Crippen molar-refractivity contribution in [2.45, 2.75) is 32.7 Å². The van der Waals surface area contributed by atoms with Crippen LogP contribution < -0.4 is 11.1 Å². The number of ether oxygens (including phenoxy) is 1. The Labute approximate surface area is 170 Å². The van der Waals surface area contributed by atoms with Gasteiger partial charge in [0, 0.05) is 32.7 Å². The minimum absolute atomic E-state index is 0.601. The summed E-state index contributed by atoms with van der Waals surface area (Å²) in [5.41, 5.74) is 8.78. The van der Waals surface area contributed by atoms with Gasteiger partial charge in [-0.25, -0.2) is 0 Å². The molecule has 0 unspecified atom stereocenters. The van der Waals surface area contributed by atoms with Gasteiger partial charge in [-0.2, -0.15) is 0 Å². The molecule has 0 bridgehead atoms. The number of hydrogen-bond donors (Lipinski definition) is 2. The highest BCUT2D eigenvalue weighted by molar-refractivity contribution is 5.77. The van der Waals surface area contributed by atoms with Crippen molar-refractivity contribution in [2.24, 2.45) is 16.6 Å². The first kappa shape index (κ1) is 21.1. The number of guanidine groups is 1. The van der Waals surface area contributed by atoms with E-state index >= 15 is 0 Å². The average molecular weight is 388 g/mol. The van der Waals surface area contributed by atoms with Crippen molar-refractivity contribution in [2.75, 3.05) is 59.0 Å². The topological polar surface area (TPSA) is 66.1 Å². The molecule has 0 atom stereocenters. The number of rotatable bonds is 8. The van der Waals surface area contributed by atoms with Gasteiger partial charge in [0.05, 0.1) is 13.2 Å². The maximum Gasteiger partial charge on any atom is 0.188 e. The van der Waals surface area contributed by atoms with Crippen molar-refractivity contribution in [3.05, 3.63) is 35.4 Å². The molecule has 2 aliphatic heterocycles. The SMILES string of the molecule is Cc1ccc(CN2CCC(CN=C(N)NCCCN3CCOCC3)CC2)cc1. The Kier molecular flexibility index (Phi) is 8.58. The van der Waals surface area contributed by atoms with Gasteiger partial charge in [-0.05, 0) is 57.3 Å². The number of nitrogens with one attached hydrogen (secondary N) is 1. The average Bonchev–Trinajstić information content (AvgIpc) is 2.73. The third-order valence-corrected chi connectivity index (χ3v) is 5.81. The number of aliphatic imine (C=N–C) groups is 1. The molecule has 0 radical (unpaired) electrons. The van der Waals surface area contributed by atoms with Crippen molar-refractivity contribution in [1.29, 1.82) is 0 Å². The number of hydrogen-bond acceptors (Lipinski definition) is 4. The van der Waals surface area contributed by atoms with E-state index in [1.165, 1.54) is 24.0 Å². The van der Waals surface area contributed by atoms with E-state index in [0.717, 1.165) is 72.0 Å². The molecule has 28 heavy (non-hydrogen) atoms. The quantitative estimate of drug-likeness (QED) is 0.405. The lowest BCUT2D eigenvalue weighted by molar-refractivity contribution is 0.0376. The monoisotopic (exact) mass is 387 g/mol. The van der Waals surface area contributed by atoms with Crippen LogP contribution in [-0.4, -0.2) is 74.8 Å². The summed E-state index contributed by atoms with van der Waals surface area (Å²) in [4.78, 5) is 9.58. The summed E-state index contributed by atoms with van der Waals surface area (Å²) in [6.45, 7) is 12.2. The molecular formula is C22H37N5O. The van der Waals surface area contributed by atoms with Gasteiger partial charge in [0.15, 0.2) is 5.96 Å². The van der Waals surface area contributed by atoms with Crippen molar-refractivity contribution in [3.63, 3.8) is 0 Å². The summed E-state index contributed by atoms with van der Waals surface area (Å²) < 4.78 is 5.37. The third kappa shape index (κ3) is 7.41. The molecule has 1 aromatic carbocycles. The van der Waals surface area contributed by atoms with Gasteiger partial charge in [-0.15, -0.1) is 0 Å². The summed E-state index contributed by atoms with van der Waals surface area (Å²) in [5, 5.41) is 3.27. The summed E-state index contributed by atoms with van der Waals surface area (Å²) in [5.74, 6) is 1.26. The van der Waals surface area contributed by atoms with E-state index in [2.05, 4.69) is 51.3 Å². The van der Waals surface area contributed by atoms with Crippen molar-refractivity contribution in [3.8, 4) is 0 Å². The van der Waals surface area contributed by atoms with Crippen LogP contribution in [0.2, 0.25) is 0 Å². The fourth-order valence-corrected chi connectivity index (χ4v) is 3.91. The second-order valence-electron chi connectivity index (χ2n) is 8.17. The van der Waals surface area contributed by atoms with Crippen LogP contribution in [0.5, 0.6) is 0 Å². The van der Waals surface area contributed by atoms with E-state index in [9.17, 15) is 0 Å². The number of aryl methyl sites for hydroxylation is 1. The molecule has 6 heteroatoms. The van der Waals surface area contributed by atoms with Gasteiger partial charge < -0.3 is 15.8 Å². The van der Waals surface area contributed by atoms with Crippen LogP contribution in [0.4, 0.5) is 0 Å². The van der Waals surface area contributed by atoms with Crippen LogP contribution in [-0.2, 0) is 11.3 Å². The first-order valence-electron chi connectivity index (χ1n) is 10.8. The molecule has 0 amide bonds. The molecule has 0 spiro atoms. The zero-order chi connectivity index (χ0) is 19.6. The zero-order valence-electron chi connectivity index (χ0n) is 17.4. The summed E-state index contributed by atoms with van der Waals surface area (Å²) >= 11 is 0. The van der Waals surface area contributed by atoms with Crippen LogP contribution in [0, 0.1) is 12.8 Å². The molecule has 0 aliphatic carbocycles. The summed E-state index contributed by atoms with van der Waals surface area (Å²) in [6, 6.07) is 8.90. The first-order valence-corrected chi connectivity index (χ1v) is 10.8. The summed E-state index contributed by atoms with van der Waals surface area (Å²) in [7, 11) is 0. The zero-order valence-corrected chi connectivity index (χ0v) is 17.4. The Balaban J connectivity index is 1.26. The predicted molar refractivity (Wildman–Crippen MR) is 116 cm³/mol. The van der Waals surface area contributed by atoms with Crippen LogP contribution >= 0.6 is 0 Å². The Morgan fingerprint density at radius 3 is 2.54 bits per heavy atom. The van der Waals surface area contributed by atoms with Crippen molar-refractivity contribution in [1.82, 2.24) is 15.1 Å². The molecule has 2 fully saturated rings. The van der Waals surface area contributed by atoms with Gasteiger partial charge in [-0.3, -0.25) is 14.8 Å². The minimum Gasteiger partial charge on any atom is -0.379 e. The second kappa shape index (κ2) is 11.4. The first-order chi connectivity index (χ1) is 13.7. The Morgan fingerprint density at radius 2 is 1.82 bits per heavy atom. The van der Waals surface area contributed by atoms with Gasteiger partial charge in [0.1, 0.15) is 0 Å². The van der Waals surface area contributed by atoms with E-state index in [4.69, 9.17) is 10.5 Å². The molecular weight excluding hydrogens is 350 g/mol. The molecule has 6 nitrogen and oxygen atoms in total. The van der Waals surface area contributed by atoms with Gasteiger partial charge >= 0.3 is 0 Å². The Bertz CT molecular complexity index is 589. The number of benzene rings is 1. The fourth-order valence-electron chi connectivity index (χ4n) is 3.91. The van der Waals surface area contributed by atoms with E-state index in [-0.39, 0.29) is 0 Å². The second-order valence-corrected chi connectivity index (χ2v) is 8.17. The van der Waals surface area contributed by atoms with E-state index in [1.54, 1.807) is 0 Å². The maximum absolute atomic E-state index is 6.05. The van der Waals surface area contributed by atoms with Crippen molar-refractivity contribution < 1.29 is 4.74 Å². The molecule has 1 aromatic rings. The largest absolute Gasteiger partial charge is 0.379 e. The standard InChI is InChI=1S/C22H37N5O/c1-19-3-5-21(6-4-19)18-27-11-7-20(8-12-27)17-25-22(23)24-9-2-10-26-13-15-28-16-14-26/h3-6,20H,2,7-18H2,1H3,(H3,23,24,25). The third-order valence-electron chi connectivity index (χ3n) is 5.81. The number of likely N-dealkylation sites (tertiary alicyclic amines) is 1. The number of morpholine rings is 1. The lowest BCUT2D eigenvalue weighted by Gasteiger charge is -2.31. The van der Waals surface area contributed by atoms with E-state index < -0.39 is 0 Å². The smallest absolute Gasteiger partial charge is 0.188 e. The van der Waals surface area contributed by atoms with Crippen LogP contribution in [0.1, 0.15) is 30.4 Å². The highest BCUT2D eigenvalue weighted by atomic mass is 16.5. The molecule has 0 aromatic heterocycles. The molecule has 2 aliphatic rings. The molecule has 0 saturated carbocycles. The van der Waals surface area contributed by atoms with Crippen LogP contribution in [0.15, 0.2) is 29.3 Å². The normalized spacial score (nSPS) is 20.4. The molecule has 2 heterocycles. The molecule has 2 saturated heterocycles. The molecule has 3 N–H and O–H groups in total. The Morgan fingerprint density at radius 1 is 1.11 bits per heavy atom. The Hall–Kier alpha value is -1.63. The van der Waals surface area contributed by atoms with Gasteiger partial charge in [0.2, 0.25) is 0 Å². The number of nitrogens with two attached hydrogens (primary N) is 1. The predicted octanol–water partition coefficient (Wildman–Crippen LogP) is 1.83. The lowest BCUT2D eigenvalue weighted by Crippen LogP contribution is -2.39. The molecule has 156 valence electrons. The highest BCUT2D eigenvalue weighted by Gasteiger charge is 2.19. The minimum atomic E-state index is 0.601. The van der Waals surface area contributed by atoms with Gasteiger partial charge in [-0.1, -0.05) is 29.8 Å². The summed E-state index contributed by atoms with van der Waals surface area (Å²) in [6.07, 6.45) is 3.51. The van der Waals surface area contributed by atoms with Crippen molar-refractivity contribution >= 4 is 5.96 Å². The van der Waals surface area contributed by atoms with Crippen LogP contribution in [0.25, 0.3) is 0 Å².